The quantitative estimate of drug-likeness (QED) is 0.891. The van der Waals surface area contributed by atoms with E-state index in [0.29, 0.717) is 17.1 Å². The van der Waals surface area contributed by atoms with Gasteiger partial charge in [0.25, 0.3) is 10.0 Å². The van der Waals surface area contributed by atoms with Crippen molar-refractivity contribution in [2.75, 3.05) is 10.0 Å². The molecule has 0 fully saturated rings. The number of rotatable bonds is 4. The first-order valence-electron chi connectivity index (χ1n) is 5.81. The van der Waals surface area contributed by atoms with E-state index in [1.807, 2.05) is 0 Å². The molecule has 1 heterocycles. The molecule has 21 heavy (non-hydrogen) atoms. The van der Waals surface area contributed by atoms with Crippen molar-refractivity contribution in [3.05, 3.63) is 34.4 Å². The van der Waals surface area contributed by atoms with E-state index < -0.39 is 10.0 Å². The first-order chi connectivity index (χ1) is 9.78. The molecule has 9 heteroatoms. The van der Waals surface area contributed by atoms with Crippen molar-refractivity contribution in [3.8, 4) is 0 Å². The fourth-order valence-corrected chi connectivity index (χ4v) is 4.45. The molecule has 0 spiro atoms. The second-order valence-corrected chi connectivity index (χ2v) is 7.67. The number of benzene rings is 1. The van der Waals surface area contributed by atoms with Gasteiger partial charge < -0.3 is 5.32 Å². The lowest BCUT2D eigenvalue weighted by Crippen LogP contribution is -2.13. The van der Waals surface area contributed by atoms with Crippen LogP contribution in [0.4, 0.5) is 11.4 Å². The average Bonchev–Trinajstić information content (AvgIpc) is 2.68. The standard InChI is InChI=1S/C12H12ClN3O3S2/c1-7-11(20-12(13)14-7)21(18,19)16-10-5-3-4-9(6-10)15-8(2)17/h3-6,16H,1-2H3,(H,15,17). The molecular formula is C12H12ClN3O3S2. The number of sulfonamides is 1. The van der Waals surface area contributed by atoms with Gasteiger partial charge in [-0.25, -0.2) is 13.4 Å². The summed E-state index contributed by atoms with van der Waals surface area (Å²) in [5.74, 6) is -0.236. The average molecular weight is 346 g/mol. The molecule has 1 aromatic heterocycles. The van der Waals surface area contributed by atoms with Gasteiger partial charge in [0.1, 0.15) is 0 Å². The Hall–Kier alpha value is -1.64. The zero-order chi connectivity index (χ0) is 15.6. The summed E-state index contributed by atoms with van der Waals surface area (Å²) < 4.78 is 27.2. The van der Waals surface area contributed by atoms with Crippen LogP contribution in [0.3, 0.4) is 0 Å². The van der Waals surface area contributed by atoms with E-state index in [1.54, 1.807) is 25.1 Å². The number of amides is 1. The predicted octanol–water partition coefficient (Wildman–Crippen LogP) is 2.86. The zero-order valence-electron chi connectivity index (χ0n) is 11.2. The number of nitrogens with one attached hydrogen (secondary N) is 2. The summed E-state index contributed by atoms with van der Waals surface area (Å²) in [6.07, 6.45) is 0. The van der Waals surface area contributed by atoms with Crippen LogP contribution in [0.25, 0.3) is 0 Å². The largest absolute Gasteiger partial charge is 0.326 e. The molecule has 6 nitrogen and oxygen atoms in total. The third-order valence-corrected chi connectivity index (χ3v) is 5.66. The number of carbonyl (C=O) groups excluding carboxylic acids is 1. The van der Waals surface area contributed by atoms with E-state index >= 15 is 0 Å². The van der Waals surface area contributed by atoms with Crippen LogP contribution in [0.2, 0.25) is 4.47 Å². The Balaban J connectivity index is 2.28. The van der Waals surface area contributed by atoms with Crippen molar-refractivity contribution in [3.63, 3.8) is 0 Å². The van der Waals surface area contributed by atoms with Gasteiger partial charge in [-0.1, -0.05) is 29.0 Å². The molecule has 0 atom stereocenters. The monoisotopic (exact) mass is 345 g/mol. The zero-order valence-corrected chi connectivity index (χ0v) is 13.6. The summed E-state index contributed by atoms with van der Waals surface area (Å²) in [5, 5.41) is 2.58. The normalized spacial score (nSPS) is 11.2. The lowest BCUT2D eigenvalue weighted by Gasteiger charge is -2.08. The highest BCUT2D eigenvalue weighted by Gasteiger charge is 2.21. The summed E-state index contributed by atoms with van der Waals surface area (Å²) in [7, 11) is -3.76. The van der Waals surface area contributed by atoms with Crippen molar-refractivity contribution >= 4 is 50.2 Å². The Morgan fingerprint density at radius 1 is 1.33 bits per heavy atom. The fourth-order valence-electron chi connectivity index (χ4n) is 1.67. The Morgan fingerprint density at radius 2 is 2.00 bits per heavy atom. The Kier molecular flexibility index (Phi) is 4.50. The highest BCUT2D eigenvalue weighted by molar-refractivity contribution is 7.94. The molecule has 2 aromatic rings. The smallest absolute Gasteiger partial charge is 0.273 e. The molecule has 0 saturated heterocycles. The Labute approximate surface area is 131 Å². The van der Waals surface area contributed by atoms with Crippen molar-refractivity contribution < 1.29 is 13.2 Å². The number of thiazole rings is 1. The minimum absolute atomic E-state index is 0.0671. The molecule has 0 aliphatic rings. The van der Waals surface area contributed by atoms with Crippen LogP contribution < -0.4 is 10.0 Å². The SMILES string of the molecule is CC(=O)Nc1cccc(NS(=O)(=O)c2sc(Cl)nc2C)c1. The van der Waals surface area contributed by atoms with E-state index in [0.717, 1.165) is 11.3 Å². The molecule has 112 valence electrons. The predicted molar refractivity (Wildman–Crippen MR) is 83.4 cm³/mol. The highest BCUT2D eigenvalue weighted by atomic mass is 35.5. The molecule has 2 rings (SSSR count). The minimum Gasteiger partial charge on any atom is -0.326 e. The maximum absolute atomic E-state index is 12.3. The van der Waals surface area contributed by atoms with E-state index in [1.165, 1.54) is 13.0 Å². The van der Waals surface area contributed by atoms with Gasteiger partial charge in [0, 0.05) is 12.6 Å². The summed E-state index contributed by atoms with van der Waals surface area (Å²) in [5.41, 5.74) is 1.18. The van der Waals surface area contributed by atoms with E-state index in [4.69, 9.17) is 11.6 Å². The van der Waals surface area contributed by atoms with Gasteiger partial charge in [0.05, 0.1) is 11.4 Å². The molecule has 1 aromatic carbocycles. The molecule has 0 bridgehead atoms. The number of nitrogens with zero attached hydrogens (tertiary/aromatic N) is 1. The van der Waals surface area contributed by atoms with E-state index in [9.17, 15) is 13.2 Å². The first-order valence-corrected chi connectivity index (χ1v) is 8.49. The molecule has 0 aliphatic carbocycles. The molecule has 2 N–H and O–H groups in total. The lowest BCUT2D eigenvalue weighted by atomic mass is 10.3. The number of hydrogen-bond donors (Lipinski definition) is 2. The summed E-state index contributed by atoms with van der Waals surface area (Å²) >= 11 is 6.61. The molecule has 1 amide bonds. The van der Waals surface area contributed by atoms with Crippen molar-refractivity contribution in [2.45, 2.75) is 18.1 Å². The summed E-state index contributed by atoms with van der Waals surface area (Å²) in [6.45, 7) is 2.95. The van der Waals surface area contributed by atoms with Crippen molar-refractivity contribution in [2.24, 2.45) is 0 Å². The Bertz CT molecular complexity index is 787. The topological polar surface area (TPSA) is 88.2 Å². The number of aromatic nitrogens is 1. The third-order valence-electron chi connectivity index (χ3n) is 2.41. The number of hydrogen-bond acceptors (Lipinski definition) is 5. The van der Waals surface area contributed by atoms with Gasteiger partial charge in [-0.05, 0) is 25.1 Å². The van der Waals surface area contributed by atoms with Gasteiger partial charge in [-0.15, -0.1) is 0 Å². The van der Waals surface area contributed by atoms with Crippen LogP contribution in [0.1, 0.15) is 12.6 Å². The van der Waals surface area contributed by atoms with Crippen LogP contribution in [-0.2, 0) is 14.8 Å². The second kappa shape index (κ2) is 6.00. The van der Waals surface area contributed by atoms with Gasteiger partial charge in [-0.2, -0.15) is 0 Å². The van der Waals surface area contributed by atoms with Gasteiger partial charge in [0.2, 0.25) is 5.91 Å². The lowest BCUT2D eigenvalue weighted by molar-refractivity contribution is -0.114. The molecule has 0 saturated carbocycles. The van der Waals surface area contributed by atoms with Gasteiger partial charge in [-0.3, -0.25) is 9.52 Å². The number of carbonyl (C=O) groups is 1. The van der Waals surface area contributed by atoms with Crippen LogP contribution >= 0.6 is 22.9 Å². The molecular weight excluding hydrogens is 334 g/mol. The van der Waals surface area contributed by atoms with Crippen molar-refractivity contribution in [1.82, 2.24) is 4.98 Å². The second-order valence-electron chi connectivity index (χ2n) is 4.21. The van der Waals surface area contributed by atoms with E-state index in [2.05, 4.69) is 15.0 Å². The minimum atomic E-state index is -3.76. The van der Waals surface area contributed by atoms with Crippen LogP contribution in [0.15, 0.2) is 28.5 Å². The molecule has 0 radical (unpaired) electrons. The highest BCUT2D eigenvalue weighted by Crippen LogP contribution is 2.28. The summed E-state index contributed by atoms with van der Waals surface area (Å²) in [6, 6.07) is 6.40. The van der Waals surface area contributed by atoms with Crippen LogP contribution in [-0.4, -0.2) is 19.3 Å². The van der Waals surface area contributed by atoms with Crippen molar-refractivity contribution in [1.29, 1.82) is 0 Å². The van der Waals surface area contributed by atoms with Crippen LogP contribution in [0, 0.1) is 6.92 Å². The Morgan fingerprint density at radius 3 is 2.57 bits per heavy atom. The van der Waals surface area contributed by atoms with Crippen LogP contribution in [0.5, 0.6) is 0 Å². The molecule has 0 aliphatic heterocycles. The van der Waals surface area contributed by atoms with Gasteiger partial charge >= 0.3 is 0 Å². The number of halogens is 1. The summed E-state index contributed by atoms with van der Waals surface area (Å²) in [4.78, 5) is 14.9. The fraction of sp³-hybridized carbons (Fsp3) is 0.167. The maximum atomic E-state index is 12.3. The number of aryl methyl sites for hydroxylation is 1. The van der Waals surface area contributed by atoms with E-state index in [-0.39, 0.29) is 14.6 Å². The number of anilines is 2. The first kappa shape index (κ1) is 15.7. The molecule has 0 unspecified atom stereocenters. The maximum Gasteiger partial charge on any atom is 0.273 e. The third kappa shape index (κ3) is 3.93. The van der Waals surface area contributed by atoms with Gasteiger partial charge in [0.15, 0.2) is 8.68 Å².